The summed E-state index contributed by atoms with van der Waals surface area (Å²) < 4.78 is 27.6. The van der Waals surface area contributed by atoms with Crippen LogP contribution in [-0.2, 0) is 21.2 Å². The molecule has 2 aromatic carbocycles. The van der Waals surface area contributed by atoms with E-state index in [1.165, 1.54) is 11.8 Å². The number of rotatable bonds is 8. The number of thioether (sulfide) groups is 1. The molecule has 0 aromatic heterocycles. The quantitative estimate of drug-likeness (QED) is 0.497. The van der Waals surface area contributed by atoms with Gasteiger partial charge >= 0.3 is 5.97 Å². The molecule has 2 aromatic rings. The van der Waals surface area contributed by atoms with Crippen molar-refractivity contribution in [2.45, 2.75) is 16.2 Å². The molecule has 2 N–H and O–H groups in total. The molecule has 0 aliphatic heterocycles. The minimum Gasteiger partial charge on any atom is -0.481 e. The van der Waals surface area contributed by atoms with Gasteiger partial charge in [-0.15, -0.1) is 11.8 Å². The Morgan fingerprint density at radius 3 is 2.29 bits per heavy atom. The van der Waals surface area contributed by atoms with Crippen LogP contribution in [0.1, 0.15) is 5.56 Å². The maximum absolute atomic E-state index is 12.1. The van der Waals surface area contributed by atoms with E-state index in [1.807, 2.05) is 12.1 Å². The first kappa shape index (κ1) is 19.0. The minimum atomic E-state index is -3.50. The van der Waals surface area contributed by atoms with Gasteiger partial charge in [0.25, 0.3) is 0 Å². The van der Waals surface area contributed by atoms with Crippen molar-refractivity contribution in [3.8, 4) is 0 Å². The Balaban J connectivity index is 1.82. The predicted molar refractivity (Wildman–Crippen MR) is 97.8 cm³/mol. The van der Waals surface area contributed by atoms with Crippen LogP contribution in [0, 0.1) is 0 Å². The third-order valence-corrected chi connectivity index (χ3v) is 6.08. The van der Waals surface area contributed by atoms with Gasteiger partial charge in [-0.25, -0.2) is 13.1 Å². The number of aliphatic carboxylic acids is 1. The number of nitrogens with one attached hydrogen (secondary N) is 1. The Bertz CT molecular complexity index is 790. The summed E-state index contributed by atoms with van der Waals surface area (Å²) in [6.07, 6.45) is -0.00205. The molecule has 0 unspecified atom stereocenters. The zero-order chi connectivity index (χ0) is 17.6. The maximum Gasteiger partial charge on any atom is 0.307 e. The number of hydrogen-bond acceptors (Lipinski definition) is 4. The molecular weight excluding hydrogens is 414 g/mol. The average molecular weight is 430 g/mol. The van der Waals surface area contributed by atoms with Crippen molar-refractivity contribution in [3.05, 3.63) is 58.6 Å². The molecule has 0 atom stereocenters. The Kier molecular flexibility index (Phi) is 6.85. The van der Waals surface area contributed by atoms with Crippen LogP contribution in [0.25, 0.3) is 0 Å². The molecule has 8 heteroatoms. The zero-order valence-electron chi connectivity index (χ0n) is 12.6. The first-order chi connectivity index (χ1) is 11.4. The van der Waals surface area contributed by atoms with Crippen molar-refractivity contribution in [3.63, 3.8) is 0 Å². The lowest BCUT2D eigenvalue weighted by molar-refractivity contribution is -0.136. The fraction of sp³-hybridized carbons (Fsp3) is 0.188. The fourth-order valence-corrected chi connectivity index (χ4v) is 4.11. The lowest BCUT2D eigenvalue weighted by atomic mass is 10.2. The molecule has 2 rings (SSSR count). The highest BCUT2D eigenvalue weighted by molar-refractivity contribution is 9.10. The molecule has 0 heterocycles. The highest BCUT2D eigenvalue weighted by Gasteiger charge is 2.12. The molecule has 128 valence electrons. The van der Waals surface area contributed by atoms with Gasteiger partial charge in [0.1, 0.15) is 0 Å². The lowest BCUT2D eigenvalue weighted by Gasteiger charge is -2.07. The van der Waals surface area contributed by atoms with Gasteiger partial charge in [0.15, 0.2) is 0 Å². The molecule has 0 aliphatic rings. The van der Waals surface area contributed by atoms with Crippen LogP contribution in [0.3, 0.4) is 0 Å². The topological polar surface area (TPSA) is 83.5 Å². The number of hydrogen-bond donors (Lipinski definition) is 2. The van der Waals surface area contributed by atoms with Crippen LogP contribution in [0.15, 0.2) is 62.8 Å². The van der Waals surface area contributed by atoms with E-state index >= 15 is 0 Å². The molecule has 0 bridgehead atoms. The largest absolute Gasteiger partial charge is 0.481 e. The van der Waals surface area contributed by atoms with Crippen LogP contribution in [0.2, 0.25) is 0 Å². The summed E-state index contributed by atoms with van der Waals surface area (Å²) in [5.41, 5.74) is 0.739. The molecule has 0 fully saturated rings. The third-order valence-electron chi connectivity index (χ3n) is 3.07. The lowest BCUT2D eigenvalue weighted by Crippen LogP contribution is -2.25. The van der Waals surface area contributed by atoms with E-state index in [1.54, 1.807) is 36.4 Å². The van der Waals surface area contributed by atoms with Crippen molar-refractivity contribution in [1.29, 1.82) is 0 Å². The Morgan fingerprint density at radius 1 is 1.08 bits per heavy atom. The number of carboxylic acid groups (broad SMARTS) is 1. The maximum atomic E-state index is 12.1. The molecular formula is C16H16BrNO4S2. The molecule has 5 nitrogen and oxygen atoms in total. The van der Waals surface area contributed by atoms with Crippen molar-refractivity contribution in [2.24, 2.45) is 0 Å². The van der Waals surface area contributed by atoms with Crippen molar-refractivity contribution in [1.82, 2.24) is 4.72 Å². The second-order valence-electron chi connectivity index (χ2n) is 4.91. The monoisotopic (exact) mass is 429 g/mol. The summed E-state index contributed by atoms with van der Waals surface area (Å²) in [6, 6.07) is 13.7. The number of carboxylic acids is 1. The molecule has 24 heavy (non-hydrogen) atoms. The first-order valence-electron chi connectivity index (χ1n) is 7.05. The number of halogens is 1. The summed E-state index contributed by atoms with van der Waals surface area (Å²) in [5, 5.41) is 8.72. The SMILES string of the molecule is O=C(O)Cc1ccc(SCCNS(=O)(=O)c2ccc(Br)cc2)cc1. The van der Waals surface area contributed by atoms with Crippen molar-refractivity contribution >= 4 is 43.7 Å². The number of benzene rings is 2. The highest BCUT2D eigenvalue weighted by atomic mass is 79.9. The summed E-state index contributed by atoms with van der Waals surface area (Å²) in [5.74, 6) is -0.286. The highest BCUT2D eigenvalue weighted by Crippen LogP contribution is 2.19. The standard InChI is InChI=1S/C16H16BrNO4S2/c17-13-3-7-15(8-4-13)24(21,22)18-9-10-23-14-5-1-12(2-6-14)11-16(19)20/h1-8,18H,9-11H2,(H,19,20). The second kappa shape index (κ2) is 8.66. The van der Waals surface area contributed by atoms with E-state index in [9.17, 15) is 13.2 Å². The Hall–Kier alpha value is -1.35. The Labute approximate surface area is 153 Å². The van der Waals surface area contributed by atoms with Gasteiger partial charge in [-0.05, 0) is 42.0 Å². The summed E-state index contributed by atoms with van der Waals surface area (Å²) in [6.45, 7) is 0.305. The van der Waals surface area contributed by atoms with Gasteiger partial charge in [-0.2, -0.15) is 0 Å². The van der Waals surface area contributed by atoms with Crippen LogP contribution in [0.4, 0.5) is 0 Å². The van der Waals surface area contributed by atoms with Gasteiger partial charge in [-0.3, -0.25) is 4.79 Å². The van der Waals surface area contributed by atoms with E-state index in [0.29, 0.717) is 12.3 Å². The third kappa shape index (κ3) is 5.94. The predicted octanol–water partition coefficient (Wildman–Crippen LogP) is 3.15. The summed E-state index contributed by atoms with van der Waals surface area (Å²) in [7, 11) is -3.50. The van der Waals surface area contributed by atoms with Gasteiger partial charge in [0.05, 0.1) is 11.3 Å². The molecule has 0 aliphatic carbocycles. The van der Waals surface area contributed by atoms with E-state index in [4.69, 9.17) is 5.11 Å². The minimum absolute atomic E-state index is 0.00205. The molecule has 0 saturated carbocycles. The first-order valence-corrected chi connectivity index (χ1v) is 10.3. The van der Waals surface area contributed by atoms with Crippen LogP contribution in [-0.4, -0.2) is 31.8 Å². The summed E-state index contributed by atoms with van der Waals surface area (Å²) >= 11 is 4.77. The fourth-order valence-electron chi connectivity index (χ4n) is 1.92. The van der Waals surface area contributed by atoms with E-state index in [0.717, 1.165) is 14.9 Å². The van der Waals surface area contributed by atoms with Crippen molar-refractivity contribution in [2.75, 3.05) is 12.3 Å². The second-order valence-corrected chi connectivity index (χ2v) is 8.77. The molecule has 0 amide bonds. The summed E-state index contributed by atoms with van der Waals surface area (Å²) in [4.78, 5) is 11.8. The van der Waals surface area contributed by atoms with Gasteiger partial charge < -0.3 is 5.11 Å². The van der Waals surface area contributed by atoms with E-state index in [2.05, 4.69) is 20.7 Å². The van der Waals surface area contributed by atoms with Crippen LogP contribution in [0.5, 0.6) is 0 Å². The van der Waals surface area contributed by atoms with Gasteiger partial charge in [0, 0.05) is 21.7 Å². The molecule has 0 saturated heterocycles. The van der Waals surface area contributed by atoms with E-state index < -0.39 is 16.0 Å². The average Bonchev–Trinajstić information content (AvgIpc) is 2.53. The van der Waals surface area contributed by atoms with Crippen LogP contribution < -0.4 is 4.72 Å². The smallest absolute Gasteiger partial charge is 0.307 e. The number of carbonyl (C=O) groups is 1. The molecule has 0 spiro atoms. The van der Waals surface area contributed by atoms with Gasteiger partial charge in [0.2, 0.25) is 10.0 Å². The zero-order valence-corrected chi connectivity index (χ0v) is 15.8. The van der Waals surface area contributed by atoms with Gasteiger partial charge in [-0.1, -0.05) is 28.1 Å². The Morgan fingerprint density at radius 2 is 1.71 bits per heavy atom. The normalized spacial score (nSPS) is 11.4. The van der Waals surface area contributed by atoms with E-state index in [-0.39, 0.29) is 11.3 Å². The van der Waals surface area contributed by atoms with Crippen molar-refractivity contribution < 1.29 is 18.3 Å². The molecule has 0 radical (unpaired) electrons. The van der Waals surface area contributed by atoms with Crippen LogP contribution >= 0.6 is 27.7 Å². The number of sulfonamides is 1.